The number of nitrogens with zero attached hydrogens (tertiary/aromatic N) is 1. The molecule has 0 spiro atoms. The number of hydrogen-bond donors (Lipinski definition) is 0. The lowest BCUT2D eigenvalue weighted by molar-refractivity contribution is 1.19. The van der Waals surface area contributed by atoms with Crippen LogP contribution in [0.3, 0.4) is 0 Å². The van der Waals surface area contributed by atoms with Crippen molar-refractivity contribution < 1.29 is 0 Å². The molecule has 2 heterocycles. The van der Waals surface area contributed by atoms with Gasteiger partial charge >= 0.3 is 0 Å². The maximum Gasteiger partial charge on any atom is 0.0547 e. The van der Waals surface area contributed by atoms with Crippen LogP contribution in [0.2, 0.25) is 0 Å². The van der Waals surface area contributed by atoms with Gasteiger partial charge in [0.2, 0.25) is 0 Å². The van der Waals surface area contributed by atoms with E-state index in [9.17, 15) is 0 Å². The molecule has 1 aromatic heterocycles. The molecular weight excluding hydrogens is 430 g/mol. The van der Waals surface area contributed by atoms with Gasteiger partial charge in [0.25, 0.3) is 0 Å². The molecule has 34 heavy (non-hydrogen) atoms. The average molecular weight is 450 g/mol. The summed E-state index contributed by atoms with van der Waals surface area (Å²) >= 11 is 1.88. The van der Waals surface area contributed by atoms with Crippen molar-refractivity contribution in [1.29, 1.82) is 0 Å². The van der Waals surface area contributed by atoms with Gasteiger partial charge in [0.05, 0.1) is 16.7 Å². The molecule has 158 valence electrons. The molecule has 6 aromatic carbocycles. The van der Waals surface area contributed by atoms with E-state index >= 15 is 0 Å². The first-order chi connectivity index (χ1) is 16.9. The van der Waals surface area contributed by atoms with Crippen LogP contribution in [0.5, 0.6) is 0 Å². The van der Waals surface area contributed by atoms with Crippen LogP contribution in [0.15, 0.2) is 125 Å². The van der Waals surface area contributed by atoms with E-state index in [4.69, 9.17) is 0 Å². The van der Waals surface area contributed by atoms with Crippen LogP contribution < -0.4 is 0 Å². The molecule has 2 heteroatoms. The van der Waals surface area contributed by atoms with E-state index in [0.29, 0.717) is 0 Å². The number of para-hydroxylation sites is 1. The monoisotopic (exact) mass is 449 g/mol. The van der Waals surface area contributed by atoms with E-state index in [1.54, 1.807) is 0 Å². The first-order valence-corrected chi connectivity index (χ1v) is 12.4. The van der Waals surface area contributed by atoms with E-state index in [0.717, 1.165) is 0 Å². The summed E-state index contributed by atoms with van der Waals surface area (Å²) in [4.78, 5) is 2.66. The fraction of sp³-hybridized carbons (Fsp3) is 0. The quantitative estimate of drug-likeness (QED) is 0.242. The molecule has 0 bridgehead atoms. The Kier molecular flexibility index (Phi) is 3.66. The molecule has 0 fully saturated rings. The zero-order valence-corrected chi connectivity index (χ0v) is 19.1. The highest BCUT2D eigenvalue weighted by molar-refractivity contribution is 7.99. The maximum atomic E-state index is 2.46. The number of aromatic nitrogens is 1. The second kappa shape index (κ2) is 6.75. The van der Waals surface area contributed by atoms with Crippen LogP contribution in [-0.2, 0) is 0 Å². The second-order valence-corrected chi connectivity index (χ2v) is 10.0. The van der Waals surface area contributed by atoms with Crippen LogP contribution in [0.25, 0.3) is 60.2 Å². The minimum atomic E-state index is 1.24. The van der Waals surface area contributed by atoms with Crippen molar-refractivity contribution in [2.45, 2.75) is 9.79 Å². The summed E-state index contributed by atoms with van der Waals surface area (Å²) in [5.41, 5.74) is 6.40. The maximum absolute atomic E-state index is 2.46. The minimum absolute atomic E-state index is 1.24. The number of hydrogen-bond acceptors (Lipinski definition) is 1. The number of rotatable bonds is 1. The number of benzene rings is 6. The molecule has 0 saturated heterocycles. The third-order valence-electron chi connectivity index (χ3n) is 7.18. The van der Waals surface area contributed by atoms with Gasteiger partial charge in [-0.25, -0.2) is 0 Å². The highest BCUT2D eigenvalue weighted by Crippen LogP contribution is 2.49. The van der Waals surface area contributed by atoms with E-state index in [1.807, 2.05) is 11.8 Å². The Bertz CT molecular complexity index is 1940. The highest BCUT2D eigenvalue weighted by Gasteiger charge is 2.22. The molecule has 0 aliphatic carbocycles. The van der Waals surface area contributed by atoms with Gasteiger partial charge in [-0.2, -0.15) is 0 Å². The van der Waals surface area contributed by atoms with Crippen LogP contribution in [0.4, 0.5) is 0 Å². The van der Waals surface area contributed by atoms with Crippen molar-refractivity contribution in [2.75, 3.05) is 0 Å². The summed E-state index contributed by atoms with van der Waals surface area (Å²) in [6.07, 6.45) is 0. The van der Waals surface area contributed by atoms with Crippen molar-refractivity contribution in [1.82, 2.24) is 4.57 Å². The summed E-state index contributed by atoms with van der Waals surface area (Å²) in [5, 5.41) is 7.87. The Hall–Kier alpha value is -4.01. The molecule has 1 aliphatic heterocycles. The Morgan fingerprint density at radius 2 is 1.21 bits per heavy atom. The van der Waals surface area contributed by atoms with E-state index in [1.165, 1.54) is 70.0 Å². The molecule has 1 aliphatic rings. The molecule has 7 aromatic rings. The van der Waals surface area contributed by atoms with Crippen molar-refractivity contribution in [3.8, 4) is 16.8 Å². The summed E-state index contributed by atoms with van der Waals surface area (Å²) in [5.74, 6) is 0. The molecule has 1 nitrogen and oxygen atoms in total. The summed E-state index contributed by atoms with van der Waals surface area (Å²) in [6, 6.07) is 42.2. The van der Waals surface area contributed by atoms with Gasteiger partial charge in [0.1, 0.15) is 0 Å². The van der Waals surface area contributed by atoms with Crippen LogP contribution in [0.1, 0.15) is 0 Å². The fourth-order valence-corrected chi connectivity index (χ4v) is 6.89. The zero-order valence-electron chi connectivity index (χ0n) is 18.3. The third-order valence-corrected chi connectivity index (χ3v) is 8.32. The first-order valence-electron chi connectivity index (χ1n) is 11.6. The van der Waals surface area contributed by atoms with E-state index < -0.39 is 0 Å². The van der Waals surface area contributed by atoms with Gasteiger partial charge in [-0.05, 0) is 52.2 Å². The SMILES string of the molecule is c1ccc2c(c1)Sc1ccc(-n3c4ccccc4c4c5ccccc5ccc43)c3cccc-2c13. The normalized spacial score (nSPS) is 12.6. The largest absolute Gasteiger partial charge is 0.309 e. The Morgan fingerprint density at radius 1 is 0.441 bits per heavy atom. The van der Waals surface area contributed by atoms with Crippen LogP contribution in [-0.4, -0.2) is 4.57 Å². The number of fused-ring (bicyclic) bond motifs is 7. The lowest BCUT2D eigenvalue weighted by Crippen LogP contribution is -1.99. The molecule has 0 saturated carbocycles. The van der Waals surface area contributed by atoms with Gasteiger partial charge < -0.3 is 4.57 Å². The zero-order chi connectivity index (χ0) is 22.2. The topological polar surface area (TPSA) is 4.93 Å². The van der Waals surface area contributed by atoms with Gasteiger partial charge in [-0.15, -0.1) is 0 Å². The summed E-state index contributed by atoms with van der Waals surface area (Å²) in [7, 11) is 0. The van der Waals surface area contributed by atoms with Crippen molar-refractivity contribution in [3.63, 3.8) is 0 Å². The molecule has 0 atom stereocenters. The van der Waals surface area contributed by atoms with Gasteiger partial charge in [0, 0.05) is 31.3 Å². The van der Waals surface area contributed by atoms with Crippen molar-refractivity contribution in [2.24, 2.45) is 0 Å². The molecule has 0 N–H and O–H groups in total. The predicted octanol–water partition coefficient (Wildman–Crippen LogP) is 9.22. The fourth-order valence-electron chi connectivity index (χ4n) is 5.76. The van der Waals surface area contributed by atoms with E-state index in [2.05, 4.69) is 120 Å². The average Bonchev–Trinajstić information content (AvgIpc) is 3.24. The smallest absolute Gasteiger partial charge is 0.0547 e. The lowest BCUT2D eigenvalue weighted by Gasteiger charge is -2.22. The van der Waals surface area contributed by atoms with Crippen LogP contribution in [0, 0.1) is 0 Å². The highest BCUT2D eigenvalue weighted by atomic mass is 32.2. The Balaban J connectivity index is 1.54. The Labute approximate surface area is 201 Å². The van der Waals surface area contributed by atoms with Gasteiger partial charge in [-0.1, -0.05) is 96.7 Å². The molecule has 0 radical (unpaired) electrons. The lowest BCUT2D eigenvalue weighted by atomic mass is 9.96. The predicted molar refractivity (Wildman–Crippen MR) is 145 cm³/mol. The summed E-state index contributed by atoms with van der Waals surface area (Å²) < 4.78 is 2.46. The Morgan fingerprint density at radius 3 is 2.18 bits per heavy atom. The molecule has 0 unspecified atom stereocenters. The molecular formula is C32H19NS. The molecule has 8 rings (SSSR count). The van der Waals surface area contributed by atoms with Crippen molar-refractivity contribution >= 4 is 55.1 Å². The van der Waals surface area contributed by atoms with E-state index in [-0.39, 0.29) is 0 Å². The minimum Gasteiger partial charge on any atom is -0.309 e. The summed E-state index contributed by atoms with van der Waals surface area (Å²) in [6.45, 7) is 0. The van der Waals surface area contributed by atoms with Crippen molar-refractivity contribution in [3.05, 3.63) is 115 Å². The third kappa shape index (κ3) is 2.36. The van der Waals surface area contributed by atoms with Gasteiger partial charge in [-0.3, -0.25) is 0 Å². The second-order valence-electron chi connectivity index (χ2n) is 8.94. The first kappa shape index (κ1) is 18.4. The standard InChI is InChI=1S/C32H19NS/c1-2-9-21-20(8-1)16-17-28-31(21)24-11-3-5-14-26(24)33(28)27-18-19-30-32-23(12-7-13-25(27)32)22-10-4-6-15-29(22)34-30/h1-19H. The molecule has 0 amide bonds. The van der Waals surface area contributed by atoms with Gasteiger partial charge in [0.15, 0.2) is 0 Å². The van der Waals surface area contributed by atoms with Crippen LogP contribution >= 0.6 is 11.8 Å².